The number of pyridine rings is 1. The fourth-order valence-electron chi connectivity index (χ4n) is 2.94. The van der Waals surface area contributed by atoms with Gasteiger partial charge in [-0.25, -0.2) is 9.97 Å². The fraction of sp³-hybridized carbons (Fsp3) is 0.105. The minimum atomic E-state index is 0.134. The van der Waals surface area contributed by atoms with Crippen LogP contribution in [0.2, 0.25) is 0 Å². The number of aryl methyl sites for hydroxylation is 1. The molecule has 0 bridgehead atoms. The summed E-state index contributed by atoms with van der Waals surface area (Å²) in [5.74, 6) is 0.134. The van der Waals surface area contributed by atoms with Gasteiger partial charge < -0.3 is 16.0 Å². The van der Waals surface area contributed by atoms with Crippen molar-refractivity contribution >= 4 is 22.8 Å². The van der Waals surface area contributed by atoms with Gasteiger partial charge in [-0.05, 0) is 30.2 Å². The summed E-state index contributed by atoms with van der Waals surface area (Å²) in [7, 11) is 0. The quantitative estimate of drug-likeness (QED) is 0.538. The molecule has 4 N–H and O–H groups in total. The van der Waals surface area contributed by atoms with Gasteiger partial charge in [0.25, 0.3) is 0 Å². The lowest BCUT2D eigenvalue weighted by Gasteiger charge is -2.08. The molecule has 3 aromatic heterocycles. The highest BCUT2D eigenvalue weighted by Crippen LogP contribution is 2.26. The number of benzene rings is 1. The molecule has 0 spiro atoms. The zero-order chi connectivity index (χ0) is 19.0. The highest BCUT2D eigenvalue weighted by Gasteiger charge is 2.15. The lowest BCUT2D eigenvalue weighted by atomic mass is 10.1. The number of nitrogen functional groups attached to an aromatic ring is 2. The van der Waals surface area contributed by atoms with Gasteiger partial charge in [0.2, 0.25) is 5.95 Å². The van der Waals surface area contributed by atoms with Crippen molar-refractivity contribution in [2.24, 2.45) is 0 Å². The lowest BCUT2D eigenvalue weighted by Crippen LogP contribution is -2.04. The number of nitrogens with two attached hydrogens (primary N) is 2. The lowest BCUT2D eigenvalue weighted by molar-refractivity contribution is 0.813. The standard InChI is InChI=1S/C19H16N8/c1-11-4-12(2-3-15(11)21)9-27-10-24-17-16(25-19(22)26-18(17)27)14-5-13(6-20)7-23-8-14/h2-5,7-8,10H,9,21H2,1H3,(H2,22,25,26). The van der Waals surface area contributed by atoms with Gasteiger partial charge in [-0.1, -0.05) is 12.1 Å². The highest BCUT2D eigenvalue weighted by atomic mass is 15.1. The van der Waals surface area contributed by atoms with Crippen molar-refractivity contribution < 1.29 is 0 Å². The van der Waals surface area contributed by atoms with Crippen LogP contribution in [0.5, 0.6) is 0 Å². The molecule has 27 heavy (non-hydrogen) atoms. The maximum absolute atomic E-state index is 9.11. The number of rotatable bonds is 3. The van der Waals surface area contributed by atoms with Gasteiger partial charge in [0.05, 0.1) is 18.4 Å². The first-order valence-corrected chi connectivity index (χ1v) is 8.24. The average Bonchev–Trinajstić information content (AvgIpc) is 3.06. The van der Waals surface area contributed by atoms with Crippen molar-refractivity contribution in [2.75, 3.05) is 11.5 Å². The Kier molecular flexibility index (Phi) is 3.90. The van der Waals surface area contributed by atoms with Crippen LogP contribution in [0.1, 0.15) is 16.7 Å². The molecule has 0 saturated heterocycles. The average molecular weight is 356 g/mol. The Bertz CT molecular complexity index is 1200. The second-order valence-corrected chi connectivity index (χ2v) is 6.24. The molecule has 0 radical (unpaired) electrons. The molecule has 4 rings (SSSR count). The van der Waals surface area contributed by atoms with E-state index in [0.29, 0.717) is 34.5 Å². The van der Waals surface area contributed by atoms with Gasteiger partial charge in [0.1, 0.15) is 17.3 Å². The first-order valence-electron chi connectivity index (χ1n) is 8.24. The second kappa shape index (κ2) is 6.38. The van der Waals surface area contributed by atoms with E-state index in [2.05, 4.69) is 26.0 Å². The van der Waals surface area contributed by atoms with Crippen LogP contribution in [0.3, 0.4) is 0 Å². The summed E-state index contributed by atoms with van der Waals surface area (Å²) in [6.45, 7) is 2.54. The molecule has 132 valence electrons. The van der Waals surface area contributed by atoms with Crippen molar-refractivity contribution in [3.63, 3.8) is 0 Å². The minimum Gasteiger partial charge on any atom is -0.399 e. The number of nitrogens with zero attached hydrogens (tertiary/aromatic N) is 6. The number of imidazole rings is 1. The molecule has 0 unspecified atom stereocenters. The summed E-state index contributed by atoms with van der Waals surface area (Å²) in [5, 5.41) is 9.11. The van der Waals surface area contributed by atoms with E-state index in [1.807, 2.05) is 29.7 Å². The summed E-state index contributed by atoms with van der Waals surface area (Å²) < 4.78 is 1.91. The molecule has 0 saturated carbocycles. The number of hydrogen-bond acceptors (Lipinski definition) is 7. The Labute approximate surface area is 155 Å². The predicted molar refractivity (Wildman–Crippen MR) is 102 cm³/mol. The molecule has 0 aliphatic carbocycles. The van der Waals surface area contributed by atoms with Gasteiger partial charge >= 0.3 is 0 Å². The second-order valence-electron chi connectivity index (χ2n) is 6.24. The van der Waals surface area contributed by atoms with Crippen LogP contribution in [-0.4, -0.2) is 24.5 Å². The van der Waals surface area contributed by atoms with Crippen LogP contribution >= 0.6 is 0 Å². The summed E-state index contributed by atoms with van der Waals surface area (Å²) in [5.41, 5.74) is 17.6. The topological polar surface area (TPSA) is 132 Å². The van der Waals surface area contributed by atoms with Crippen LogP contribution in [-0.2, 0) is 6.54 Å². The third-order valence-corrected chi connectivity index (χ3v) is 4.31. The summed E-state index contributed by atoms with van der Waals surface area (Å²) in [4.78, 5) is 17.2. The van der Waals surface area contributed by atoms with Gasteiger partial charge in [0.15, 0.2) is 5.65 Å². The molecule has 4 aromatic rings. The van der Waals surface area contributed by atoms with Crippen molar-refractivity contribution in [3.8, 4) is 17.3 Å². The van der Waals surface area contributed by atoms with Crippen molar-refractivity contribution in [3.05, 3.63) is 59.7 Å². The Balaban J connectivity index is 1.82. The molecule has 3 heterocycles. The van der Waals surface area contributed by atoms with E-state index in [9.17, 15) is 0 Å². The van der Waals surface area contributed by atoms with Crippen molar-refractivity contribution in [1.82, 2.24) is 24.5 Å². The molecule has 0 fully saturated rings. The SMILES string of the molecule is Cc1cc(Cn2cnc3c(-c4cncc(C#N)c4)nc(N)nc32)ccc1N. The molecule has 8 nitrogen and oxygen atoms in total. The molecular formula is C19H16N8. The summed E-state index contributed by atoms with van der Waals surface area (Å²) in [6.07, 6.45) is 4.83. The third kappa shape index (κ3) is 3.02. The first kappa shape index (κ1) is 16.5. The van der Waals surface area contributed by atoms with E-state index in [1.54, 1.807) is 18.6 Å². The maximum Gasteiger partial charge on any atom is 0.222 e. The molecule has 8 heteroatoms. The summed E-state index contributed by atoms with van der Waals surface area (Å²) in [6, 6.07) is 9.67. The van der Waals surface area contributed by atoms with Gasteiger partial charge in [0, 0.05) is 23.6 Å². The van der Waals surface area contributed by atoms with Crippen LogP contribution in [0.4, 0.5) is 11.6 Å². The van der Waals surface area contributed by atoms with Gasteiger partial charge in [-0.15, -0.1) is 0 Å². The number of hydrogen-bond donors (Lipinski definition) is 2. The van der Waals surface area contributed by atoms with Crippen LogP contribution in [0, 0.1) is 18.3 Å². The largest absolute Gasteiger partial charge is 0.399 e. The Morgan fingerprint density at radius 1 is 1.15 bits per heavy atom. The van der Waals surface area contributed by atoms with E-state index in [4.69, 9.17) is 16.7 Å². The number of nitriles is 1. The normalized spacial score (nSPS) is 10.8. The minimum absolute atomic E-state index is 0.134. The number of anilines is 2. The van der Waals surface area contributed by atoms with E-state index < -0.39 is 0 Å². The molecule has 0 amide bonds. The molecule has 0 aliphatic heterocycles. The molecule has 0 aliphatic rings. The molecule has 0 atom stereocenters. The van der Waals surface area contributed by atoms with E-state index in [-0.39, 0.29) is 5.95 Å². The Morgan fingerprint density at radius 2 is 2.00 bits per heavy atom. The van der Waals surface area contributed by atoms with E-state index in [1.165, 1.54) is 6.20 Å². The Hall–Kier alpha value is -3.99. The van der Waals surface area contributed by atoms with Gasteiger partial charge in [-0.2, -0.15) is 10.2 Å². The monoisotopic (exact) mass is 356 g/mol. The van der Waals surface area contributed by atoms with Crippen molar-refractivity contribution in [2.45, 2.75) is 13.5 Å². The van der Waals surface area contributed by atoms with Gasteiger partial charge in [-0.3, -0.25) is 4.98 Å². The highest BCUT2D eigenvalue weighted by molar-refractivity contribution is 5.88. The maximum atomic E-state index is 9.11. The fourth-order valence-corrected chi connectivity index (χ4v) is 2.94. The number of fused-ring (bicyclic) bond motifs is 1. The van der Waals surface area contributed by atoms with Crippen LogP contribution in [0.15, 0.2) is 43.0 Å². The van der Waals surface area contributed by atoms with Crippen LogP contribution in [0.25, 0.3) is 22.4 Å². The predicted octanol–water partition coefficient (Wildman–Crippen LogP) is 2.28. The zero-order valence-corrected chi connectivity index (χ0v) is 14.6. The summed E-state index contributed by atoms with van der Waals surface area (Å²) >= 11 is 0. The first-order chi connectivity index (χ1) is 13.0. The Morgan fingerprint density at radius 3 is 2.78 bits per heavy atom. The third-order valence-electron chi connectivity index (χ3n) is 4.31. The van der Waals surface area contributed by atoms with E-state index >= 15 is 0 Å². The number of aromatic nitrogens is 5. The van der Waals surface area contributed by atoms with Crippen LogP contribution < -0.4 is 11.5 Å². The molecule has 1 aromatic carbocycles. The van der Waals surface area contributed by atoms with Crippen molar-refractivity contribution in [1.29, 1.82) is 5.26 Å². The molecular weight excluding hydrogens is 340 g/mol. The van der Waals surface area contributed by atoms with E-state index in [0.717, 1.165) is 16.8 Å². The zero-order valence-electron chi connectivity index (χ0n) is 14.6. The smallest absolute Gasteiger partial charge is 0.222 e.